The van der Waals surface area contributed by atoms with Gasteiger partial charge in [0.1, 0.15) is 0 Å². The number of hydrogen-bond donors (Lipinski definition) is 0. The highest BCUT2D eigenvalue weighted by molar-refractivity contribution is 7.12. The second kappa shape index (κ2) is 6.54. The first-order valence-corrected chi connectivity index (χ1v) is 9.33. The van der Waals surface area contributed by atoms with Crippen LogP contribution in [0.25, 0.3) is 11.1 Å². The summed E-state index contributed by atoms with van der Waals surface area (Å²) in [4.78, 5) is 26.7. The highest BCUT2D eigenvalue weighted by Gasteiger charge is 2.20. The third-order valence-electron chi connectivity index (χ3n) is 4.72. The summed E-state index contributed by atoms with van der Waals surface area (Å²) < 4.78 is 5.25. The molecule has 0 spiro atoms. The van der Waals surface area contributed by atoms with Gasteiger partial charge in [0, 0.05) is 15.3 Å². The lowest BCUT2D eigenvalue weighted by atomic mass is 10.0. The fourth-order valence-electron chi connectivity index (χ4n) is 3.42. The van der Waals surface area contributed by atoms with E-state index in [2.05, 4.69) is 12.1 Å². The van der Waals surface area contributed by atoms with Gasteiger partial charge >= 0.3 is 5.97 Å². The molecule has 0 fully saturated rings. The van der Waals surface area contributed by atoms with Gasteiger partial charge in [-0.2, -0.15) is 0 Å². The number of ether oxygens (including phenoxy) is 1. The molecule has 1 aromatic heterocycles. The number of hydrogen-bond acceptors (Lipinski definition) is 4. The van der Waals surface area contributed by atoms with Crippen LogP contribution in [0.15, 0.2) is 48.5 Å². The summed E-state index contributed by atoms with van der Waals surface area (Å²) in [6, 6.07) is 15.8. The van der Waals surface area contributed by atoms with E-state index in [1.165, 1.54) is 16.7 Å². The number of Topliss-reactive ketones (excluding diaryl/α,β-unsaturated/α-hetero) is 1. The largest absolute Gasteiger partial charge is 0.454 e. The second-order valence-electron chi connectivity index (χ2n) is 6.53. The number of esters is 1. The number of fused-ring (bicyclic) bond motifs is 3. The number of carbonyl (C=O) groups is 2. The Kier molecular flexibility index (Phi) is 4.21. The highest BCUT2D eigenvalue weighted by atomic mass is 32.1. The number of aryl methyl sites for hydroxylation is 2. The minimum absolute atomic E-state index is 0.185. The van der Waals surface area contributed by atoms with Crippen LogP contribution < -0.4 is 0 Å². The van der Waals surface area contributed by atoms with Crippen LogP contribution in [0.1, 0.15) is 41.6 Å². The lowest BCUT2D eigenvalue weighted by Crippen LogP contribution is -2.14. The molecule has 1 aliphatic carbocycles. The summed E-state index contributed by atoms with van der Waals surface area (Å²) in [6.07, 6.45) is 0.895. The molecule has 0 N–H and O–H groups in total. The third kappa shape index (κ3) is 2.97. The standard InChI is InChI=1S/C22H18O3S/c1-13-9-19(14(2)26-13)22(24)25-12-21(23)17-8-7-16-10-15-5-3-4-6-18(15)20(16)11-17/h3-9,11H,10,12H2,1-2H3. The number of benzene rings is 2. The van der Waals surface area contributed by atoms with Crippen molar-refractivity contribution in [1.82, 2.24) is 0 Å². The van der Waals surface area contributed by atoms with Crippen molar-refractivity contribution in [2.45, 2.75) is 20.3 Å². The van der Waals surface area contributed by atoms with Crippen LogP contribution in [0.3, 0.4) is 0 Å². The molecule has 0 amide bonds. The lowest BCUT2D eigenvalue weighted by Gasteiger charge is -2.07. The van der Waals surface area contributed by atoms with Gasteiger partial charge in [-0.15, -0.1) is 11.3 Å². The molecule has 4 rings (SSSR count). The zero-order valence-electron chi connectivity index (χ0n) is 14.7. The zero-order valence-corrected chi connectivity index (χ0v) is 15.5. The van der Waals surface area contributed by atoms with Crippen molar-refractivity contribution in [3.05, 3.63) is 80.5 Å². The van der Waals surface area contributed by atoms with Gasteiger partial charge in [-0.05, 0) is 54.7 Å². The Balaban J connectivity index is 1.50. The van der Waals surface area contributed by atoms with Crippen molar-refractivity contribution in [1.29, 1.82) is 0 Å². The van der Waals surface area contributed by atoms with Gasteiger partial charge in [-0.3, -0.25) is 4.79 Å². The molecule has 2 aromatic carbocycles. The van der Waals surface area contributed by atoms with Crippen LogP contribution in [0.4, 0.5) is 0 Å². The summed E-state index contributed by atoms with van der Waals surface area (Å²) in [7, 11) is 0. The van der Waals surface area contributed by atoms with Crippen molar-refractivity contribution in [2.75, 3.05) is 6.61 Å². The highest BCUT2D eigenvalue weighted by Crippen LogP contribution is 2.36. The van der Waals surface area contributed by atoms with Crippen LogP contribution in [0.5, 0.6) is 0 Å². The van der Waals surface area contributed by atoms with Crippen LogP contribution in [-0.4, -0.2) is 18.4 Å². The summed E-state index contributed by atoms with van der Waals surface area (Å²) in [5.41, 5.74) is 5.90. The van der Waals surface area contributed by atoms with Crippen LogP contribution in [-0.2, 0) is 11.2 Å². The fraction of sp³-hybridized carbons (Fsp3) is 0.182. The monoisotopic (exact) mass is 362 g/mol. The molecule has 1 heterocycles. The van der Waals surface area contributed by atoms with E-state index < -0.39 is 5.97 Å². The van der Waals surface area contributed by atoms with E-state index >= 15 is 0 Å². The molecule has 0 atom stereocenters. The molecule has 0 aliphatic heterocycles. The van der Waals surface area contributed by atoms with Crippen molar-refractivity contribution in [3.63, 3.8) is 0 Å². The smallest absolute Gasteiger partial charge is 0.339 e. The Morgan fingerprint density at radius 2 is 1.77 bits per heavy atom. The minimum Gasteiger partial charge on any atom is -0.454 e. The Morgan fingerprint density at radius 1 is 1.00 bits per heavy atom. The van der Waals surface area contributed by atoms with E-state index in [1.807, 2.05) is 44.2 Å². The maximum atomic E-state index is 12.5. The molecule has 0 saturated heterocycles. The average molecular weight is 362 g/mol. The molecule has 3 aromatic rings. The minimum atomic E-state index is -0.438. The number of thiophene rings is 1. The van der Waals surface area contributed by atoms with E-state index in [1.54, 1.807) is 17.4 Å². The third-order valence-corrected chi connectivity index (χ3v) is 5.68. The topological polar surface area (TPSA) is 43.4 Å². The molecule has 130 valence electrons. The number of carbonyl (C=O) groups excluding carboxylic acids is 2. The molecular formula is C22H18O3S. The molecule has 0 radical (unpaired) electrons. The van der Waals surface area contributed by atoms with Crippen LogP contribution >= 0.6 is 11.3 Å². The first-order chi connectivity index (χ1) is 12.5. The van der Waals surface area contributed by atoms with E-state index in [4.69, 9.17) is 4.74 Å². The lowest BCUT2D eigenvalue weighted by molar-refractivity contribution is 0.0474. The number of ketones is 1. The normalized spacial score (nSPS) is 11.8. The van der Waals surface area contributed by atoms with Crippen molar-refractivity contribution < 1.29 is 14.3 Å². The second-order valence-corrected chi connectivity index (χ2v) is 7.99. The summed E-state index contributed by atoms with van der Waals surface area (Å²) >= 11 is 1.55. The Morgan fingerprint density at radius 3 is 2.54 bits per heavy atom. The molecule has 3 nitrogen and oxygen atoms in total. The predicted molar refractivity (Wildman–Crippen MR) is 103 cm³/mol. The van der Waals surface area contributed by atoms with Crippen LogP contribution in [0.2, 0.25) is 0 Å². The molecule has 0 unspecified atom stereocenters. The molecular weight excluding hydrogens is 344 g/mol. The van der Waals surface area contributed by atoms with E-state index in [0.29, 0.717) is 11.1 Å². The molecule has 4 heteroatoms. The fourth-order valence-corrected chi connectivity index (χ4v) is 4.33. The SMILES string of the molecule is Cc1cc(C(=O)OCC(=O)c2ccc3c(c2)-c2ccccc2C3)c(C)s1. The summed E-state index contributed by atoms with van der Waals surface area (Å²) in [6.45, 7) is 3.59. The Bertz CT molecular complexity index is 1030. The molecule has 26 heavy (non-hydrogen) atoms. The van der Waals surface area contributed by atoms with Gasteiger partial charge in [0.2, 0.25) is 0 Å². The van der Waals surface area contributed by atoms with Crippen molar-refractivity contribution in [3.8, 4) is 11.1 Å². The van der Waals surface area contributed by atoms with Crippen LogP contribution in [0, 0.1) is 13.8 Å². The van der Waals surface area contributed by atoms with E-state index in [0.717, 1.165) is 21.7 Å². The van der Waals surface area contributed by atoms with Crippen molar-refractivity contribution >= 4 is 23.1 Å². The van der Waals surface area contributed by atoms with Gasteiger partial charge in [-0.1, -0.05) is 36.4 Å². The van der Waals surface area contributed by atoms with Crippen molar-refractivity contribution in [2.24, 2.45) is 0 Å². The van der Waals surface area contributed by atoms with Gasteiger partial charge in [0.15, 0.2) is 12.4 Å². The number of rotatable bonds is 4. The van der Waals surface area contributed by atoms with Gasteiger partial charge in [0.05, 0.1) is 5.56 Å². The summed E-state index contributed by atoms with van der Waals surface area (Å²) in [5.74, 6) is -0.623. The first kappa shape index (κ1) is 16.7. The Labute approximate surface area is 156 Å². The maximum absolute atomic E-state index is 12.5. The van der Waals surface area contributed by atoms with E-state index in [-0.39, 0.29) is 12.4 Å². The maximum Gasteiger partial charge on any atom is 0.339 e. The van der Waals surface area contributed by atoms with Gasteiger partial charge in [-0.25, -0.2) is 4.79 Å². The van der Waals surface area contributed by atoms with Gasteiger partial charge in [0.25, 0.3) is 0 Å². The zero-order chi connectivity index (χ0) is 18.3. The molecule has 0 saturated carbocycles. The summed E-state index contributed by atoms with van der Waals surface area (Å²) in [5, 5.41) is 0. The van der Waals surface area contributed by atoms with E-state index in [9.17, 15) is 9.59 Å². The predicted octanol–water partition coefficient (Wildman–Crippen LogP) is 4.98. The first-order valence-electron chi connectivity index (χ1n) is 8.51. The quantitative estimate of drug-likeness (QED) is 0.380. The molecule has 0 bridgehead atoms. The Hall–Kier alpha value is -2.72. The van der Waals surface area contributed by atoms with Gasteiger partial charge < -0.3 is 4.74 Å². The molecule has 1 aliphatic rings. The average Bonchev–Trinajstić information content (AvgIpc) is 3.18.